The van der Waals surface area contributed by atoms with Crippen LogP contribution in [0, 0.1) is 13.8 Å². The Bertz CT molecular complexity index is 634. The first kappa shape index (κ1) is 13.7. The highest BCUT2D eigenvalue weighted by atomic mass is 32.1. The van der Waals surface area contributed by atoms with Gasteiger partial charge in [0.05, 0.1) is 26.7 Å². The van der Waals surface area contributed by atoms with Crippen LogP contribution in [0.1, 0.15) is 31.5 Å². The molecule has 0 N–H and O–H groups in total. The number of carbonyl (C=O) groups excluding carboxylic acids is 1. The van der Waals surface area contributed by atoms with E-state index in [4.69, 9.17) is 0 Å². The van der Waals surface area contributed by atoms with Crippen LogP contribution in [-0.4, -0.2) is 15.8 Å². The summed E-state index contributed by atoms with van der Waals surface area (Å²) in [4.78, 5) is 20.0. The molecule has 3 nitrogen and oxygen atoms in total. The first-order valence-electron chi connectivity index (χ1n) is 5.30. The van der Waals surface area contributed by atoms with Crippen molar-refractivity contribution in [2.45, 2.75) is 20.0 Å². The molecule has 0 saturated carbocycles. The molecular weight excluding hydrogens is 277 g/mol. The Hall–Kier alpha value is -1.76. The third kappa shape index (κ3) is 2.65. The molecule has 0 radical (unpaired) electrons. The lowest BCUT2D eigenvalue weighted by molar-refractivity contribution is -0.137. The van der Waals surface area contributed by atoms with Crippen molar-refractivity contribution in [1.29, 1.82) is 0 Å². The van der Waals surface area contributed by atoms with Crippen molar-refractivity contribution in [3.8, 4) is 0 Å². The van der Waals surface area contributed by atoms with Gasteiger partial charge in [-0.3, -0.25) is 9.78 Å². The van der Waals surface area contributed by atoms with Crippen LogP contribution in [0.5, 0.6) is 0 Å². The minimum absolute atomic E-state index is 0.219. The van der Waals surface area contributed by atoms with Gasteiger partial charge in [-0.2, -0.15) is 13.2 Å². The molecule has 2 aromatic heterocycles. The molecule has 100 valence electrons. The number of rotatable bonds is 2. The number of hydrogen-bond donors (Lipinski definition) is 0. The SMILES string of the molecule is Cc1nc(C)c(C(=O)c2cnccc2C(F)(F)F)s1. The highest BCUT2D eigenvalue weighted by Crippen LogP contribution is 2.33. The van der Waals surface area contributed by atoms with Gasteiger partial charge in [0.1, 0.15) is 0 Å². The van der Waals surface area contributed by atoms with Gasteiger partial charge in [0.25, 0.3) is 0 Å². The van der Waals surface area contributed by atoms with Gasteiger partial charge < -0.3 is 0 Å². The average Bonchev–Trinajstić information content (AvgIpc) is 2.66. The van der Waals surface area contributed by atoms with Crippen molar-refractivity contribution < 1.29 is 18.0 Å². The topological polar surface area (TPSA) is 42.9 Å². The first-order chi connectivity index (χ1) is 8.80. The summed E-state index contributed by atoms with van der Waals surface area (Å²) >= 11 is 1.08. The Labute approximate surface area is 111 Å². The maximum atomic E-state index is 12.8. The molecule has 0 atom stereocenters. The van der Waals surface area contributed by atoms with Gasteiger partial charge in [-0.05, 0) is 19.9 Å². The minimum Gasteiger partial charge on any atom is -0.288 e. The normalized spacial score (nSPS) is 11.6. The average molecular weight is 286 g/mol. The first-order valence-corrected chi connectivity index (χ1v) is 6.12. The Kier molecular flexibility index (Phi) is 3.40. The third-order valence-electron chi connectivity index (χ3n) is 2.48. The van der Waals surface area contributed by atoms with Crippen molar-refractivity contribution in [1.82, 2.24) is 9.97 Å². The standard InChI is InChI=1S/C12H9F3N2OS/c1-6-11(19-7(2)17-6)10(18)8-5-16-4-3-9(8)12(13,14)15/h3-5H,1-2H3. The summed E-state index contributed by atoms with van der Waals surface area (Å²) in [5.41, 5.74) is -0.982. The Morgan fingerprint density at radius 1 is 1.32 bits per heavy atom. The van der Waals surface area contributed by atoms with Crippen molar-refractivity contribution in [2.24, 2.45) is 0 Å². The molecule has 0 amide bonds. The number of ketones is 1. The zero-order valence-corrected chi connectivity index (χ0v) is 10.9. The summed E-state index contributed by atoms with van der Waals surface area (Å²) in [7, 11) is 0. The molecule has 0 aliphatic heterocycles. The Balaban J connectivity index is 2.54. The van der Waals surface area contributed by atoms with Gasteiger partial charge in [0, 0.05) is 12.4 Å². The number of thiazole rings is 1. The summed E-state index contributed by atoms with van der Waals surface area (Å²) in [6, 6.07) is 0.802. The van der Waals surface area contributed by atoms with Crippen LogP contribution in [0.15, 0.2) is 18.5 Å². The van der Waals surface area contributed by atoms with Crippen LogP contribution in [0.4, 0.5) is 13.2 Å². The molecule has 0 fully saturated rings. The van der Waals surface area contributed by atoms with Crippen molar-refractivity contribution in [2.75, 3.05) is 0 Å². The number of halogens is 3. The number of hydrogen-bond acceptors (Lipinski definition) is 4. The molecule has 2 aromatic rings. The summed E-state index contributed by atoms with van der Waals surface area (Å²) in [6.07, 6.45) is -2.62. The van der Waals surface area contributed by atoms with Crippen LogP contribution >= 0.6 is 11.3 Å². The predicted molar refractivity (Wildman–Crippen MR) is 64.3 cm³/mol. The molecule has 0 saturated heterocycles. The number of carbonyl (C=O) groups is 1. The molecule has 0 aliphatic carbocycles. The molecule has 19 heavy (non-hydrogen) atoms. The predicted octanol–water partition coefficient (Wildman–Crippen LogP) is 3.40. The number of pyridine rings is 1. The number of alkyl halides is 3. The fraction of sp³-hybridized carbons (Fsp3) is 0.250. The van der Waals surface area contributed by atoms with Crippen LogP contribution < -0.4 is 0 Å². The number of aromatic nitrogens is 2. The van der Waals surface area contributed by atoms with E-state index in [-0.39, 0.29) is 4.88 Å². The maximum absolute atomic E-state index is 12.8. The lowest BCUT2D eigenvalue weighted by atomic mass is 10.0. The van der Waals surface area contributed by atoms with E-state index in [9.17, 15) is 18.0 Å². The quantitative estimate of drug-likeness (QED) is 0.795. The number of aryl methyl sites for hydroxylation is 2. The zero-order chi connectivity index (χ0) is 14.2. The van der Waals surface area contributed by atoms with E-state index in [1.54, 1.807) is 13.8 Å². The van der Waals surface area contributed by atoms with E-state index in [0.717, 1.165) is 29.8 Å². The summed E-state index contributed by atoms with van der Waals surface area (Å²) in [5, 5.41) is 0.637. The summed E-state index contributed by atoms with van der Waals surface area (Å²) in [5.74, 6) is -0.691. The fourth-order valence-electron chi connectivity index (χ4n) is 1.69. The monoisotopic (exact) mass is 286 g/mol. The van der Waals surface area contributed by atoms with Gasteiger partial charge in [0.2, 0.25) is 5.78 Å². The lowest BCUT2D eigenvalue weighted by Gasteiger charge is -2.10. The molecule has 2 rings (SSSR count). The smallest absolute Gasteiger partial charge is 0.288 e. The molecule has 0 unspecified atom stereocenters. The van der Waals surface area contributed by atoms with Gasteiger partial charge in [-0.25, -0.2) is 4.98 Å². The van der Waals surface area contributed by atoms with Gasteiger partial charge >= 0.3 is 6.18 Å². The third-order valence-corrected chi connectivity index (χ3v) is 3.55. The molecule has 2 heterocycles. The lowest BCUT2D eigenvalue weighted by Crippen LogP contribution is -2.14. The molecule has 7 heteroatoms. The summed E-state index contributed by atoms with van der Waals surface area (Å²) < 4.78 is 38.5. The van der Waals surface area contributed by atoms with E-state index >= 15 is 0 Å². The highest BCUT2D eigenvalue weighted by Gasteiger charge is 2.36. The van der Waals surface area contributed by atoms with Crippen molar-refractivity contribution >= 4 is 17.1 Å². The van der Waals surface area contributed by atoms with E-state index in [1.165, 1.54) is 0 Å². The van der Waals surface area contributed by atoms with E-state index < -0.39 is 23.1 Å². The molecule has 0 bridgehead atoms. The fourth-order valence-corrected chi connectivity index (χ4v) is 2.56. The zero-order valence-electron chi connectivity index (χ0n) is 10.1. The summed E-state index contributed by atoms with van der Waals surface area (Å²) in [6.45, 7) is 3.29. The largest absolute Gasteiger partial charge is 0.417 e. The van der Waals surface area contributed by atoms with Crippen molar-refractivity contribution in [3.05, 3.63) is 45.2 Å². The van der Waals surface area contributed by atoms with Crippen LogP contribution in [0.3, 0.4) is 0 Å². The minimum atomic E-state index is -4.58. The second-order valence-electron chi connectivity index (χ2n) is 3.90. The number of nitrogens with zero attached hydrogens (tertiary/aromatic N) is 2. The van der Waals surface area contributed by atoms with Crippen molar-refractivity contribution in [3.63, 3.8) is 0 Å². The Morgan fingerprint density at radius 2 is 2.00 bits per heavy atom. The van der Waals surface area contributed by atoms with Gasteiger partial charge in [-0.15, -0.1) is 11.3 Å². The van der Waals surface area contributed by atoms with Crippen LogP contribution in [-0.2, 0) is 6.18 Å². The second kappa shape index (κ2) is 4.73. The Morgan fingerprint density at radius 3 is 2.53 bits per heavy atom. The van der Waals surface area contributed by atoms with Crippen LogP contribution in [0.2, 0.25) is 0 Å². The van der Waals surface area contributed by atoms with E-state index in [1.807, 2.05) is 0 Å². The van der Waals surface area contributed by atoms with E-state index in [2.05, 4.69) is 9.97 Å². The maximum Gasteiger partial charge on any atom is 0.417 e. The molecule has 0 spiro atoms. The second-order valence-corrected chi connectivity index (χ2v) is 5.10. The van der Waals surface area contributed by atoms with Crippen LogP contribution in [0.25, 0.3) is 0 Å². The molecular formula is C12H9F3N2OS. The van der Waals surface area contributed by atoms with Gasteiger partial charge in [-0.1, -0.05) is 0 Å². The molecule has 0 aliphatic rings. The highest BCUT2D eigenvalue weighted by molar-refractivity contribution is 7.14. The van der Waals surface area contributed by atoms with Gasteiger partial charge in [0.15, 0.2) is 0 Å². The molecule has 0 aromatic carbocycles. The van der Waals surface area contributed by atoms with E-state index in [0.29, 0.717) is 10.7 Å².